The molecule has 0 aliphatic heterocycles. The number of nitrogens with zero attached hydrogens (tertiary/aromatic N) is 1. The monoisotopic (exact) mass is 369 g/mol. The highest BCUT2D eigenvalue weighted by molar-refractivity contribution is 6.37. The van der Waals surface area contributed by atoms with Gasteiger partial charge in [0, 0.05) is 17.5 Å². The minimum atomic E-state index is -0.977. The SMILES string of the molecule is CCOC(=O)C(=O)CC(=O)/C=C/c1cccn1Cc1ccccc1OCC. The number of aromatic nitrogens is 1. The Bertz CT molecular complexity index is 835. The Morgan fingerprint density at radius 1 is 1.04 bits per heavy atom. The van der Waals surface area contributed by atoms with Crippen molar-refractivity contribution < 1.29 is 23.9 Å². The summed E-state index contributed by atoms with van der Waals surface area (Å²) in [5.74, 6) is -1.45. The lowest BCUT2D eigenvalue weighted by Gasteiger charge is -2.12. The first kappa shape index (κ1) is 20.2. The van der Waals surface area contributed by atoms with Gasteiger partial charge in [0.1, 0.15) is 5.75 Å². The Morgan fingerprint density at radius 3 is 2.56 bits per heavy atom. The third-order valence-electron chi connectivity index (χ3n) is 3.76. The number of Topliss-reactive ketones (excluding diaryl/α,β-unsaturated/α-hetero) is 1. The molecule has 0 atom stereocenters. The lowest BCUT2D eigenvalue weighted by molar-refractivity contribution is -0.154. The molecule has 1 heterocycles. The fraction of sp³-hybridized carbons (Fsp3) is 0.286. The van der Waals surface area contributed by atoms with E-state index in [-0.39, 0.29) is 6.61 Å². The zero-order valence-electron chi connectivity index (χ0n) is 15.5. The van der Waals surface area contributed by atoms with Crippen LogP contribution in [0.3, 0.4) is 0 Å². The molecule has 0 saturated heterocycles. The van der Waals surface area contributed by atoms with Gasteiger partial charge in [0.2, 0.25) is 5.78 Å². The molecule has 6 heteroatoms. The van der Waals surface area contributed by atoms with Crippen molar-refractivity contribution >= 4 is 23.6 Å². The molecule has 6 nitrogen and oxygen atoms in total. The smallest absolute Gasteiger partial charge is 0.375 e. The minimum absolute atomic E-state index is 0.103. The van der Waals surface area contributed by atoms with Gasteiger partial charge in [-0.2, -0.15) is 0 Å². The molecule has 0 N–H and O–H groups in total. The number of carbonyl (C=O) groups is 3. The van der Waals surface area contributed by atoms with E-state index in [4.69, 9.17) is 4.74 Å². The number of para-hydroxylation sites is 1. The number of allylic oxidation sites excluding steroid dienone is 1. The summed E-state index contributed by atoms with van der Waals surface area (Å²) in [6, 6.07) is 11.5. The van der Waals surface area contributed by atoms with Gasteiger partial charge >= 0.3 is 5.97 Å². The molecule has 0 fully saturated rings. The fourth-order valence-corrected chi connectivity index (χ4v) is 2.52. The Balaban J connectivity index is 2.04. The summed E-state index contributed by atoms with van der Waals surface area (Å²) < 4.78 is 12.2. The molecule has 0 unspecified atom stereocenters. The number of carbonyl (C=O) groups excluding carboxylic acids is 3. The van der Waals surface area contributed by atoms with Crippen LogP contribution in [-0.2, 0) is 25.7 Å². The predicted molar refractivity (Wildman–Crippen MR) is 101 cm³/mol. The molecule has 2 aromatic rings. The Labute approximate surface area is 158 Å². The molecule has 1 aromatic heterocycles. The highest BCUT2D eigenvalue weighted by Gasteiger charge is 2.17. The standard InChI is InChI=1S/C21H23NO5/c1-3-26-20-10-6-5-8-16(20)15-22-13-7-9-17(22)11-12-18(23)14-19(24)21(25)27-4-2/h5-13H,3-4,14-15H2,1-2H3/b12-11+. The maximum absolute atomic E-state index is 11.9. The highest BCUT2D eigenvalue weighted by atomic mass is 16.5. The van der Waals surface area contributed by atoms with Gasteiger partial charge in [0.05, 0.1) is 26.2 Å². The van der Waals surface area contributed by atoms with Crippen molar-refractivity contribution in [3.63, 3.8) is 0 Å². The number of hydrogen-bond acceptors (Lipinski definition) is 5. The average Bonchev–Trinajstić information content (AvgIpc) is 3.09. The van der Waals surface area contributed by atoms with Crippen LogP contribution < -0.4 is 4.74 Å². The van der Waals surface area contributed by atoms with Gasteiger partial charge in [-0.1, -0.05) is 18.2 Å². The summed E-state index contributed by atoms with van der Waals surface area (Å²) in [6.07, 6.45) is 4.33. The Kier molecular flexibility index (Phi) is 7.55. The quantitative estimate of drug-likeness (QED) is 0.278. The van der Waals surface area contributed by atoms with Crippen molar-refractivity contribution in [2.75, 3.05) is 13.2 Å². The largest absolute Gasteiger partial charge is 0.494 e. The van der Waals surface area contributed by atoms with Crippen LogP contribution in [0.15, 0.2) is 48.7 Å². The van der Waals surface area contributed by atoms with E-state index in [1.807, 2.05) is 54.1 Å². The average molecular weight is 369 g/mol. The lowest BCUT2D eigenvalue weighted by atomic mass is 10.1. The number of esters is 1. The number of rotatable bonds is 10. The summed E-state index contributed by atoms with van der Waals surface area (Å²) in [7, 11) is 0. The lowest BCUT2D eigenvalue weighted by Crippen LogP contribution is -2.19. The van der Waals surface area contributed by atoms with E-state index in [2.05, 4.69) is 4.74 Å². The second-order valence-corrected chi connectivity index (χ2v) is 5.72. The summed E-state index contributed by atoms with van der Waals surface area (Å²) in [5.41, 5.74) is 1.83. The van der Waals surface area contributed by atoms with E-state index in [9.17, 15) is 14.4 Å². The predicted octanol–water partition coefficient (Wildman–Crippen LogP) is 3.04. The van der Waals surface area contributed by atoms with E-state index in [0.717, 1.165) is 17.0 Å². The van der Waals surface area contributed by atoms with Crippen LogP contribution in [0, 0.1) is 0 Å². The summed E-state index contributed by atoms with van der Waals surface area (Å²) in [5, 5.41) is 0. The summed E-state index contributed by atoms with van der Waals surface area (Å²) in [6.45, 7) is 4.80. The number of ketones is 2. The summed E-state index contributed by atoms with van der Waals surface area (Å²) >= 11 is 0. The molecule has 0 bridgehead atoms. The third-order valence-corrected chi connectivity index (χ3v) is 3.76. The van der Waals surface area contributed by atoms with Gasteiger partial charge in [-0.25, -0.2) is 4.79 Å². The minimum Gasteiger partial charge on any atom is -0.494 e. The van der Waals surface area contributed by atoms with Gasteiger partial charge in [0.15, 0.2) is 5.78 Å². The first-order valence-electron chi connectivity index (χ1n) is 8.81. The van der Waals surface area contributed by atoms with E-state index >= 15 is 0 Å². The van der Waals surface area contributed by atoms with E-state index in [0.29, 0.717) is 13.2 Å². The molecule has 142 valence electrons. The Morgan fingerprint density at radius 2 is 1.81 bits per heavy atom. The normalized spacial score (nSPS) is 10.7. The maximum Gasteiger partial charge on any atom is 0.375 e. The maximum atomic E-state index is 11.9. The molecule has 0 radical (unpaired) electrons. The molecule has 1 aromatic carbocycles. The van der Waals surface area contributed by atoms with Crippen molar-refractivity contribution in [1.29, 1.82) is 0 Å². The molecule has 0 aliphatic carbocycles. The van der Waals surface area contributed by atoms with Crippen LogP contribution >= 0.6 is 0 Å². The van der Waals surface area contributed by atoms with Crippen LogP contribution in [0.2, 0.25) is 0 Å². The number of ether oxygens (including phenoxy) is 2. The zero-order chi connectivity index (χ0) is 19.6. The highest BCUT2D eigenvalue weighted by Crippen LogP contribution is 2.20. The topological polar surface area (TPSA) is 74.6 Å². The van der Waals surface area contributed by atoms with Crippen LogP contribution in [-0.4, -0.2) is 35.3 Å². The van der Waals surface area contributed by atoms with Gasteiger partial charge in [0.25, 0.3) is 0 Å². The fourth-order valence-electron chi connectivity index (χ4n) is 2.52. The van der Waals surface area contributed by atoms with Crippen molar-refractivity contribution in [3.8, 4) is 5.75 Å². The van der Waals surface area contributed by atoms with Gasteiger partial charge in [-0.15, -0.1) is 0 Å². The molecular formula is C21H23NO5. The van der Waals surface area contributed by atoms with E-state index < -0.39 is 24.0 Å². The zero-order valence-corrected chi connectivity index (χ0v) is 15.5. The van der Waals surface area contributed by atoms with Gasteiger partial charge < -0.3 is 14.0 Å². The van der Waals surface area contributed by atoms with Crippen LogP contribution in [0.4, 0.5) is 0 Å². The molecule has 27 heavy (non-hydrogen) atoms. The van der Waals surface area contributed by atoms with Crippen molar-refractivity contribution in [1.82, 2.24) is 4.57 Å². The number of hydrogen-bond donors (Lipinski definition) is 0. The first-order chi connectivity index (χ1) is 13.0. The molecule has 0 spiro atoms. The van der Waals surface area contributed by atoms with Crippen LogP contribution in [0.5, 0.6) is 5.75 Å². The summed E-state index contributed by atoms with van der Waals surface area (Å²) in [4.78, 5) is 34.8. The number of benzene rings is 1. The molecule has 0 amide bonds. The second kappa shape index (κ2) is 10.1. The first-order valence-corrected chi connectivity index (χ1v) is 8.81. The molecular weight excluding hydrogens is 346 g/mol. The van der Waals surface area contributed by atoms with Gasteiger partial charge in [-0.05, 0) is 44.2 Å². The Hall–Kier alpha value is -3.15. The molecule has 0 aliphatic rings. The van der Waals surface area contributed by atoms with Crippen molar-refractivity contribution in [2.45, 2.75) is 26.8 Å². The second-order valence-electron chi connectivity index (χ2n) is 5.72. The molecule has 0 saturated carbocycles. The van der Waals surface area contributed by atoms with Crippen molar-refractivity contribution in [3.05, 3.63) is 59.9 Å². The van der Waals surface area contributed by atoms with Crippen LogP contribution in [0.1, 0.15) is 31.5 Å². The van der Waals surface area contributed by atoms with Crippen molar-refractivity contribution in [2.24, 2.45) is 0 Å². The third kappa shape index (κ3) is 5.95. The molecule has 2 rings (SSSR count). The van der Waals surface area contributed by atoms with Gasteiger partial charge in [-0.3, -0.25) is 9.59 Å². The van der Waals surface area contributed by atoms with Crippen LogP contribution in [0.25, 0.3) is 6.08 Å². The van der Waals surface area contributed by atoms with E-state index in [1.165, 1.54) is 6.08 Å². The van der Waals surface area contributed by atoms with E-state index in [1.54, 1.807) is 13.0 Å².